The SMILES string of the molecule is Cl.N#CCCNC(=O)c1cn(CCCN)nn1. The number of hydrogen-bond acceptors (Lipinski definition) is 5. The van der Waals surface area contributed by atoms with Crippen molar-refractivity contribution in [3.05, 3.63) is 11.9 Å². The summed E-state index contributed by atoms with van der Waals surface area (Å²) in [6, 6.07) is 1.94. The van der Waals surface area contributed by atoms with Gasteiger partial charge in [-0.05, 0) is 13.0 Å². The number of aromatic nitrogens is 3. The van der Waals surface area contributed by atoms with Gasteiger partial charge in [-0.1, -0.05) is 5.21 Å². The van der Waals surface area contributed by atoms with Crippen LogP contribution in [0, 0.1) is 11.3 Å². The van der Waals surface area contributed by atoms with E-state index in [4.69, 9.17) is 11.0 Å². The molecular formula is C9H15ClN6O. The number of rotatable bonds is 6. The summed E-state index contributed by atoms with van der Waals surface area (Å²) >= 11 is 0. The summed E-state index contributed by atoms with van der Waals surface area (Å²) < 4.78 is 1.58. The van der Waals surface area contributed by atoms with E-state index >= 15 is 0 Å². The van der Waals surface area contributed by atoms with Gasteiger partial charge in [0.1, 0.15) is 0 Å². The van der Waals surface area contributed by atoms with E-state index in [1.807, 2.05) is 6.07 Å². The Morgan fingerprint density at radius 2 is 2.41 bits per heavy atom. The Bertz CT molecular complexity index is 385. The molecule has 0 aliphatic carbocycles. The van der Waals surface area contributed by atoms with Crippen molar-refractivity contribution in [2.75, 3.05) is 13.1 Å². The van der Waals surface area contributed by atoms with E-state index in [1.165, 1.54) is 0 Å². The molecule has 0 radical (unpaired) electrons. The van der Waals surface area contributed by atoms with Crippen LogP contribution in [0.15, 0.2) is 6.20 Å². The minimum Gasteiger partial charge on any atom is -0.350 e. The van der Waals surface area contributed by atoms with Crippen LogP contribution in [-0.2, 0) is 6.54 Å². The zero-order valence-corrected chi connectivity index (χ0v) is 10.1. The third-order valence-electron chi connectivity index (χ3n) is 1.88. The summed E-state index contributed by atoms with van der Waals surface area (Å²) in [6.45, 7) is 1.55. The van der Waals surface area contributed by atoms with Crippen LogP contribution in [0.5, 0.6) is 0 Å². The molecule has 1 rings (SSSR count). The van der Waals surface area contributed by atoms with E-state index in [2.05, 4.69) is 15.6 Å². The molecule has 0 aliphatic heterocycles. The predicted molar refractivity (Wildman–Crippen MR) is 63.5 cm³/mol. The Kier molecular flexibility index (Phi) is 7.67. The second-order valence-electron chi connectivity index (χ2n) is 3.17. The lowest BCUT2D eigenvalue weighted by molar-refractivity contribution is 0.0949. The maximum absolute atomic E-state index is 11.4. The molecule has 3 N–H and O–H groups in total. The van der Waals surface area contributed by atoms with Gasteiger partial charge in [0.15, 0.2) is 5.69 Å². The van der Waals surface area contributed by atoms with Gasteiger partial charge in [0, 0.05) is 13.1 Å². The highest BCUT2D eigenvalue weighted by atomic mass is 35.5. The fraction of sp³-hybridized carbons (Fsp3) is 0.556. The minimum absolute atomic E-state index is 0. The number of amides is 1. The molecule has 8 heteroatoms. The maximum Gasteiger partial charge on any atom is 0.273 e. The summed E-state index contributed by atoms with van der Waals surface area (Å²) in [7, 11) is 0. The second-order valence-corrected chi connectivity index (χ2v) is 3.17. The number of halogens is 1. The lowest BCUT2D eigenvalue weighted by atomic mass is 10.4. The molecular weight excluding hydrogens is 244 g/mol. The molecule has 1 aromatic heterocycles. The van der Waals surface area contributed by atoms with Gasteiger partial charge in [0.05, 0.1) is 18.7 Å². The number of nitrogens with zero attached hydrogens (tertiary/aromatic N) is 4. The first kappa shape index (κ1) is 15.3. The first-order valence-corrected chi connectivity index (χ1v) is 5.03. The predicted octanol–water partition coefficient (Wildman–Crippen LogP) is -0.308. The fourth-order valence-electron chi connectivity index (χ4n) is 1.09. The molecule has 0 saturated carbocycles. The van der Waals surface area contributed by atoms with Crippen LogP contribution in [-0.4, -0.2) is 34.0 Å². The van der Waals surface area contributed by atoms with Crippen molar-refractivity contribution in [2.45, 2.75) is 19.4 Å². The van der Waals surface area contributed by atoms with Crippen LogP contribution in [0.2, 0.25) is 0 Å². The van der Waals surface area contributed by atoms with E-state index in [9.17, 15) is 4.79 Å². The molecule has 7 nitrogen and oxygen atoms in total. The molecule has 1 heterocycles. The Balaban J connectivity index is 0.00000256. The third-order valence-corrected chi connectivity index (χ3v) is 1.88. The van der Waals surface area contributed by atoms with Crippen molar-refractivity contribution in [1.82, 2.24) is 20.3 Å². The Hall–Kier alpha value is -1.65. The highest BCUT2D eigenvalue weighted by Crippen LogP contribution is 1.94. The Labute approximate surface area is 105 Å². The molecule has 0 saturated heterocycles. The standard InChI is InChI=1S/C9H14N6O.ClH/c10-3-1-5-12-9(16)8-7-15(14-13-8)6-2-4-11;/h7H,1-2,4-6,11H2,(H,12,16);1H. The van der Waals surface area contributed by atoms with Gasteiger partial charge in [0.25, 0.3) is 5.91 Å². The molecule has 0 aliphatic rings. The van der Waals surface area contributed by atoms with Gasteiger partial charge >= 0.3 is 0 Å². The molecule has 0 bridgehead atoms. The second kappa shape index (κ2) is 8.50. The van der Waals surface area contributed by atoms with Crippen LogP contribution in [0.3, 0.4) is 0 Å². The summed E-state index contributed by atoms with van der Waals surface area (Å²) in [5.74, 6) is -0.311. The first-order chi connectivity index (χ1) is 7.77. The molecule has 17 heavy (non-hydrogen) atoms. The number of nitriles is 1. The monoisotopic (exact) mass is 258 g/mol. The van der Waals surface area contributed by atoms with Crippen molar-refractivity contribution in [2.24, 2.45) is 5.73 Å². The lowest BCUT2D eigenvalue weighted by Crippen LogP contribution is -2.24. The molecule has 0 fully saturated rings. The molecule has 0 spiro atoms. The first-order valence-electron chi connectivity index (χ1n) is 5.03. The number of aryl methyl sites for hydroxylation is 1. The number of carbonyl (C=O) groups is 1. The van der Waals surface area contributed by atoms with E-state index in [0.29, 0.717) is 19.6 Å². The smallest absolute Gasteiger partial charge is 0.273 e. The molecule has 0 unspecified atom stereocenters. The number of nitrogens with one attached hydrogen (secondary N) is 1. The van der Waals surface area contributed by atoms with Crippen molar-refractivity contribution >= 4 is 18.3 Å². The Morgan fingerprint density at radius 3 is 3.06 bits per heavy atom. The highest BCUT2D eigenvalue weighted by Gasteiger charge is 2.09. The lowest BCUT2D eigenvalue weighted by Gasteiger charge is -1.97. The van der Waals surface area contributed by atoms with Crippen molar-refractivity contribution in [3.63, 3.8) is 0 Å². The third kappa shape index (κ3) is 5.29. The zero-order chi connectivity index (χ0) is 11.8. The summed E-state index contributed by atoms with van der Waals surface area (Å²) in [4.78, 5) is 11.4. The van der Waals surface area contributed by atoms with Crippen molar-refractivity contribution in [3.8, 4) is 6.07 Å². The molecule has 0 atom stereocenters. The number of nitrogens with two attached hydrogens (primary N) is 1. The largest absolute Gasteiger partial charge is 0.350 e. The van der Waals surface area contributed by atoms with Gasteiger partial charge in [-0.3, -0.25) is 9.48 Å². The summed E-state index contributed by atoms with van der Waals surface area (Å²) in [5.41, 5.74) is 5.61. The van der Waals surface area contributed by atoms with E-state index in [0.717, 1.165) is 6.42 Å². The average Bonchev–Trinajstić information content (AvgIpc) is 2.75. The summed E-state index contributed by atoms with van der Waals surface area (Å²) in [6.07, 6.45) is 2.64. The van der Waals surface area contributed by atoms with Crippen LogP contribution in [0.1, 0.15) is 23.3 Å². The molecule has 0 aromatic carbocycles. The topological polar surface area (TPSA) is 110 Å². The van der Waals surface area contributed by atoms with Crippen LogP contribution in [0.25, 0.3) is 0 Å². The van der Waals surface area contributed by atoms with Crippen LogP contribution >= 0.6 is 12.4 Å². The van der Waals surface area contributed by atoms with Gasteiger partial charge < -0.3 is 11.1 Å². The zero-order valence-electron chi connectivity index (χ0n) is 9.30. The van der Waals surface area contributed by atoms with E-state index in [1.54, 1.807) is 10.9 Å². The normalized spacial score (nSPS) is 9.18. The van der Waals surface area contributed by atoms with Crippen LogP contribution < -0.4 is 11.1 Å². The van der Waals surface area contributed by atoms with Crippen LogP contribution in [0.4, 0.5) is 0 Å². The maximum atomic E-state index is 11.4. The average molecular weight is 259 g/mol. The van der Waals surface area contributed by atoms with Gasteiger partial charge in [-0.25, -0.2) is 0 Å². The molecule has 94 valence electrons. The van der Waals surface area contributed by atoms with Gasteiger partial charge in [0.2, 0.25) is 0 Å². The van der Waals surface area contributed by atoms with Crippen molar-refractivity contribution < 1.29 is 4.79 Å². The number of carbonyl (C=O) groups excluding carboxylic acids is 1. The number of hydrogen-bond donors (Lipinski definition) is 2. The fourth-order valence-corrected chi connectivity index (χ4v) is 1.09. The molecule has 1 amide bonds. The van der Waals surface area contributed by atoms with Gasteiger partial charge in [-0.2, -0.15) is 5.26 Å². The Morgan fingerprint density at radius 1 is 1.65 bits per heavy atom. The highest BCUT2D eigenvalue weighted by molar-refractivity contribution is 5.91. The summed E-state index contributed by atoms with van der Waals surface area (Å²) in [5, 5.41) is 18.4. The quantitative estimate of drug-likeness (QED) is 0.681. The van der Waals surface area contributed by atoms with Crippen molar-refractivity contribution in [1.29, 1.82) is 5.26 Å². The van der Waals surface area contributed by atoms with Gasteiger partial charge in [-0.15, -0.1) is 17.5 Å². The molecule has 1 aromatic rings. The van der Waals surface area contributed by atoms with E-state index < -0.39 is 0 Å². The van der Waals surface area contributed by atoms with E-state index in [-0.39, 0.29) is 30.4 Å². The minimum atomic E-state index is -0.311.